The molecule has 0 bridgehead atoms. The van der Waals surface area contributed by atoms with Gasteiger partial charge in [0.25, 0.3) is 5.91 Å². The van der Waals surface area contributed by atoms with Crippen molar-refractivity contribution in [3.8, 4) is 0 Å². The molecule has 5 heteroatoms. The van der Waals surface area contributed by atoms with Gasteiger partial charge in [-0.3, -0.25) is 4.79 Å². The van der Waals surface area contributed by atoms with Crippen molar-refractivity contribution in [3.05, 3.63) is 32.7 Å². The minimum absolute atomic E-state index is 0.0402. The van der Waals surface area contributed by atoms with Gasteiger partial charge in [0.05, 0.1) is 18.2 Å². The van der Waals surface area contributed by atoms with E-state index in [2.05, 4.69) is 37.2 Å². The summed E-state index contributed by atoms with van der Waals surface area (Å²) in [5.41, 5.74) is 0.619. The maximum atomic E-state index is 12.0. The van der Waals surface area contributed by atoms with Crippen molar-refractivity contribution in [2.75, 3.05) is 13.7 Å². The number of nitrogens with one attached hydrogen (secondary N) is 1. The fraction of sp³-hybridized carbons (Fsp3) is 0.417. The van der Waals surface area contributed by atoms with E-state index in [-0.39, 0.29) is 11.9 Å². The first-order valence-electron chi connectivity index (χ1n) is 5.33. The molecule has 0 heterocycles. The summed E-state index contributed by atoms with van der Waals surface area (Å²) in [4.78, 5) is 12.0. The van der Waals surface area contributed by atoms with Crippen molar-refractivity contribution in [3.63, 3.8) is 0 Å². The Morgan fingerprint density at radius 2 is 2.18 bits per heavy atom. The summed E-state index contributed by atoms with van der Waals surface area (Å²) < 4.78 is 6.71. The molecule has 1 aromatic rings. The molecule has 17 heavy (non-hydrogen) atoms. The predicted molar refractivity (Wildman–Crippen MR) is 75.3 cm³/mol. The third kappa shape index (κ3) is 4.41. The van der Waals surface area contributed by atoms with E-state index in [1.165, 1.54) is 0 Å². The lowest BCUT2D eigenvalue weighted by Gasteiger charge is -2.16. The Morgan fingerprint density at radius 1 is 1.47 bits per heavy atom. The van der Waals surface area contributed by atoms with Crippen LogP contribution in [0.25, 0.3) is 0 Å². The zero-order valence-corrected chi connectivity index (χ0v) is 13.0. The molecule has 0 aliphatic carbocycles. The first-order chi connectivity index (χ1) is 8.08. The highest BCUT2D eigenvalue weighted by molar-refractivity contribution is 9.11. The quantitative estimate of drug-likeness (QED) is 0.869. The van der Waals surface area contributed by atoms with E-state index in [9.17, 15) is 4.79 Å². The average Bonchev–Trinajstić information content (AvgIpc) is 2.31. The van der Waals surface area contributed by atoms with Gasteiger partial charge in [0.2, 0.25) is 0 Å². The van der Waals surface area contributed by atoms with Crippen molar-refractivity contribution in [1.82, 2.24) is 5.32 Å². The van der Waals surface area contributed by atoms with Gasteiger partial charge in [-0.2, -0.15) is 0 Å². The summed E-state index contributed by atoms with van der Waals surface area (Å²) in [5, 5.41) is 2.94. The van der Waals surface area contributed by atoms with E-state index in [0.29, 0.717) is 12.2 Å². The van der Waals surface area contributed by atoms with Crippen LogP contribution in [0.1, 0.15) is 23.7 Å². The lowest BCUT2D eigenvalue weighted by Crippen LogP contribution is -2.37. The van der Waals surface area contributed by atoms with Crippen LogP contribution in [0.3, 0.4) is 0 Å². The molecule has 3 nitrogen and oxygen atoms in total. The zero-order valence-electron chi connectivity index (χ0n) is 9.80. The Morgan fingerprint density at radius 3 is 2.76 bits per heavy atom. The van der Waals surface area contributed by atoms with E-state index < -0.39 is 0 Å². The number of rotatable bonds is 5. The molecule has 94 valence electrons. The summed E-state index contributed by atoms with van der Waals surface area (Å²) in [6.45, 7) is 2.54. The second-order valence-electron chi connectivity index (χ2n) is 3.66. The molecule has 1 amide bonds. The van der Waals surface area contributed by atoms with Crippen LogP contribution >= 0.6 is 31.9 Å². The van der Waals surface area contributed by atoms with Gasteiger partial charge >= 0.3 is 0 Å². The largest absolute Gasteiger partial charge is 0.383 e. The summed E-state index contributed by atoms with van der Waals surface area (Å²) >= 11 is 6.72. The van der Waals surface area contributed by atoms with Gasteiger partial charge in [-0.1, -0.05) is 22.9 Å². The van der Waals surface area contributed by atoms with Crippen LogP contribution < -0.4 is 5.32 Å². The maximum Gasteiger partial charge on any atom is 0.252 e. The highest BCUT2D eigenvalue weighted by atomic mass is 79.9. The van der Waals surface area contributed by atoms with Gasteiger partial charge in [-0.25, -0.2) is 0 Å². The molecule has 0 spiro atoms. The summed E-state index contributed by atoms with van der Waals surface area (Å²) in [6.07, 6.45) is 0.838. The molecule has 0 radical (unpaired) electrons. The minimum atomic E-state index is -0.0953. The van der Waals surface area contributed by atoms with Gasteiger partial charge in [0, 0.05) is 16.1 Å². The number of amides is 1. The molecule has 1 atom stereocenters. The van der Waals surface area contributed by atoms with E-state index in [1.54, 1.807) is 13.2 Å². The standard InChI is InChI=1S/C12H15Br2NO2/c1-3-9(7-17-2)15-12(16)10-6-8(13)4-5-11(10)14/h4-6,9H,3,7H2,1-2H3,(H,15,16). The third-order valence-electron chi connectivity index (χ3n) is 2.37. The maximum absolute atomic E-state index is 12.0. The van der Waals surface area contributed by atoms with E-state index >= 15 is 0 Å². The second-order valence-corrected chi connectivity index (χ2v) is 5.43. The summed E-state index contributed by atoms with van der Waals surface area (Å²) in [5.74, 6) is -0.0953. The highest BCUT2D eigenvalue weighted by Crippen LogP contribution is 2.21. The number of ether oxygens (including phenoxy) is 1. The monoisotopic (exact) mass is 363 g/mol. The lowest BCUT2D eigenvalue weighted by molar-refractivity contribution is 0.0894. The fourth-order valence-corrected chi connectivity index (χ4v) is 2.19. The SMILES string of the molecule is CCC(COC)NC(=O)c1cc(Br)ccc1Br. The molecule has 0 aromatic heterocycles. The number of carbonyl (C=O) groups is 1. The number of methoxy groups -OCH3 is 1. The van der Waals surface area contributed by atoms with Crippen LogP contribution in [0.4, 0.5) is 0 Å². The zero-order chi connectivity index (χ0) is 12.8. The van der Waals surface area contributed by atoms with Crippen LogP contribution in [0.5, 0.6) is 0 Å². The molecule has 1 unspecified atom stereocenters. The van der Waals surface area contributed by atoms with Gasteiger partial charge in [-0.15, -0.1) is 0 Å². The highest BCUT2D eigenvalue weighted by Gasteiger charge is 2.14. The molecule has 0 aliphatic heterocycles. The normalized spacial score (nSPS) is 12.2. The van der Waals surface area contributed by atoms with Crippen molar-refractivity contribution in [2.45, 2.75) is 19.4 Å². The first kappa shape index (κ1) is 14.7. The summed E-state index contributed by atoms with van der Waals surface area (Å²) in [7, 11) is 1.63. The topological polar surface area (TPSA) is 38.3 Å². The smallest absolute Gasteiger partial charge is 0.252 e. The average molecular weight is 365 g/mol. The van der Waals surface area contributed by atoms with Crippen LogP contribution in [-0.4, -0.2) is 25.7 Å². The van der Waals surface area contributed by atoms with Gasteiger partial charge < -0.3 is 10.1 Å². The molecule has 0 saturated heterocycles. The van der Waals surface area contributed by atoms with Gasteiger partial charge in [0.15, 0.2) is 0 Å². The van der Waals surface area contributed by atoms with Crippen molar-refractivity contribution < 1.29 is 9.53 Å². The Balaban J connectivity index is 2.78. The van der Waals surface area contributed by atoms with Gasteiger partial charge in [-0.05, 0) is 40.5 Å². The van der Waals surface area contributed by atoms with Crippen LogP contribution in [0.2, 0.25) is 0 Å². The summed E-state index contributed by atoms with van der Waals surface area (Å²) in [6, 6.07) is 5.56. The molecule has 1 aromatic carbocycles. The second kappa shape index (κ2) is 7.13. The lowest BCUT2D eigenvalue weighted by atomic mass is 10.2. The molecule has 1 N–H and O–H groups in total. The number of benzene rings is 1. The molecule has 0 aliphatic rings. The molecular weight excluding hydrogens is 350 g/mol. The van der Waals surface area contributed by atoms with Crippen LogP contribution in [-0.2, 0) is 4.74 Å². The minimum Gasteiger partial charge on any atom is -0.383 e. The van der Waals surface area contributed by atoms with Crippen molar-refractivity contribution in [2.24, 2.45) is 0 Å². The van der Waals surface area contributed by atoms with E-state index in [0.717, 1.165) is 15.4 Å². The number of hydrogen-bond acceptors (Lipinski definition) is 2. The van der Waals surface area contributed by atoms with E-state index in [1.807, 2.05) is 19.1 Å². The molecule has 0 saturated carbocycles. The molecule has 0 fully saturated rings. The third-order valence-corrected chi connectivity index (χ3v) is 3.55. The van der Waals surface area contributed by atoms with Crippen LogP contribution in [0.15, 0.2) is 27.1 Å². The van der Waals surface area contributed by atoms with Crippen molar-refractivity contribution >= 4 is 37.8 Å². The number of carbonyl (C=O) groups excluding carboxylic acids is 1. The Bertz CT molecular complexity index is 396. The Kier molecular flexibility index (Phi) is 6.16. The Hall–Kier alpha value is -0.390. The number of hydrogen-bond donors (Lipinski definition) is 1. The molecule has 1 rings (SSSR count). The fourth-order valence-electron chi connectivity index (χ4n) is 1.40. The van der Waals surface area contributed by atoms with Crippen LogP contribution in [0, 0.1) is 0 Å². The predicted octanol–water partition coefficient (Wildman–Crippen LogP) is 3.37. The first-order valence-corrected chi connectivity index (χ1v) is 6.92. The van der Waals surface area contributed by atoms with Gasteiger partial charge in [0.1, 0.15) is 0 Å². The molecular formula is C12H15Br2NO2. The van der Waals surface area contributed by atoms with Crippen molar-refractivity contribution in [1.29, 1.82) is 0 Å². The Labute approximate surface area is 118 Å². The number of halogens is 2. The van der Waals surface area contributed by atoms with E-state index in [4.69, 9.17) is 4.74 Å².